The van der Waals surface area contributed by atoms with Crippen molar-refractivity contribution >= 4 is 0 Å². The molecule has 0 spiro atoms. The van der Waals surface area contributed by atoms with Crippen molar-refractivity contribution in [2.45, 2.75) is 284 Å². The molecule has 0 aliphatic heterocycles. The fourth-order valence-electron chi connectivity index (χ4n) is 7.92. The molecule has 0 bridgehead atoms. The van der Waals surface area contributed by atoms with Crippen LogP contribution in [-0.2, 0) is 19.5 Å². The quantitative estimate of drug-likeness (QED) is 0.0479. The van der Waals surface area contributed by atoms with Crippen LogP contribution in [0.15, 0.2) is 12.4 Å². The van der Waals surface area contributed by atoms with Gasteiger partial charge in [0.25, 0.3) is 5.82 Å². The molecule has 2 heteroatoms. The van der Waals surface area contributed by atoms with Crippen LogP contribution in [0.5, 0.6) is 0 Å². The van der Waals surface area contributed by atoms with Crippen LogP contribution >= 0.6 is 0 Å². The average Bonchev–Trinajstić information content (AvgIpc) is 3.50. The van der Waals surface area contributed by atoms with Crippen LogP contribution in [0.1, 0.15) is 271 Å². The lowest BCUT2D eigenvalue weighted by Crippen LogP contribution is -2.37. The summed E-state index contributed by atoms with van der Waals surface area (Å²) < 4.78 is 5.29. The molecule has 49 heavy (non-hydrogen) atoms. The Labute approximate surface area is 310 Å². The van der Waals surface area contributed by atoms with Gasteiger partial charge in [0.15, 0.2) is 0 Å². The number of nitrogens with zero attached hydrogens (tertiary/aromatic N) is 2. The highest BCUT2D eigenvalue weighted by atomic mass is 15.1. The van der Waals surface area contributed by atoms with Crippen molar-refractivity contribution in [1.29, 1.82) is 0 Å². The van der Waals surface area contributed by atoms with Crippen LogP contribution in [-0.4, -0.2) is 4.57 Å². The summed E-state index contributed by atoms with van der Waals surface area (Å²) >= 11 is 0. The van der Waals surface area contributed by atoms with Crippen molar-refractivity contribution in [3.05, 3.63) is 18.2 Å². The maximum atomic E-state index is 2.65. The molecule has 0 saturated heterocycles. The van der Waals surface area contributed by atoms with Crippen LogP contribution in [0.3, 0.4) is 0 Å². The van der Waals surface area contributed by atoms with Gasteiger partial charge in [-0.25, -0.2) is 9.13 Å². The second kappa shape index (κ2) is 38.4. The van der Waals surface area contributed by atoms with Gasteiger partial charge in [-0.05, 0) is 32.1 Å². The molecule has 0 radical (unpaired) electrons. The molecule has 0 amide bonds. The molecule has 0 N–H and O–H groups in total. The Morgan fingerprint density at radius 1 is 0.347 bits per heavy atom. The van der Waals surface area contributed by atoms with Crippen LogP contribution in [0.4, 0.5) is 0 Å². The fourth-order valence-corrected chi connectivity index (χ4v) is 7.92. The standard InChI is InChI=1S/C47H93N2/c1-4-7-10-13-16-19-21-23-25-26-28-30-32-35-38-41-44-49-46-45-48(43-40-37-34-18-15-12-9-6-3)47(49)42-39-36-33-31-29-27-24-22-20-17-14-11-8-5-2/h45-46H,4-44H2,1-3H3/q+1. The van der Waals surface area contributed by atoms with Gasteiger partial charge in [0.05, 0.1) is 13.1 Å². The molecule has 0 unspecified atom stereocenters. The summed E-state index contributed by atoms with van der Waals surface area (Å²) in [5.74, 6) is 1.63. The molecule has 0 atom stereocenters. The minimum Gasteiger partial charge on any atom is -0.234 e. The third-order valence-corrected chi connectivity index (χ3v) is 11.3. The van der Waals surface area contributed by atoms with Crippen molar-refractivity contribution in [3.8, 4) is 0 Å². The Balaban J connectivity index is 2.22. The Morgan fingerprint density at radius 2 is 0.633 bits per heavy atom. The second-order valence-electron chi connectivity index (χ2n) is 16.2. The van der Waals surface area contributed by atoms with E-state index in [1.54, 1.807) is 5.82 Å². The summed E-state index contributed by atoms with van der Waals surface area (Å²) in [5.41, 5.74) is 0. The van der Waals surface area contributed by atoms with E-state index in [2.05, 4.69) is 42.3 Å². The minimum atomic E-state index is 1.23. The predicted octanol–water partition coefficient (Wildman–Crippen LogP) is 16.2. The first-order valence-electron chi connectivity index (χ1n) is 23.4. The Morgan fingerprint density at radius 3 is 0.980 bits per heavy atom. The second-order valence-corrected chi connectivity index (χ2v) is 16.2. The molecular weight excluding hydrogens is 593 g/mol. The highest BCUT2D eigenvalue weighted by molar-refractivity contribution is 4.84. The summed E-state index contributed by atoms with van der Waals surface area (Å²) in [6.07, 6.45) is 60.8. The van der Waals surface area contributed by atoms with Crippen molar-refractivity contribution in [2.75, 3.05) is 0 Å². The van der Waals surface area contributed by atoms with Gasteiger partial charge in [0.2, 0.25) is 0 Å². The van der Waals surface area contributed by atoms with Gasteiger partial charge in [-0.15, -0.1) is 0 Å². The number of imidazole rings is 1. The Hall–Kier alpha value is -0.790. The first-order chi connectivity index (χ1) is 24.3. The summed E-state index contributed by atoms with van der Waals surface area (Å²) in [5, 5.41) is 0. The van der Waals surface area contributed by atoms with Gasteiger partial charge in [-0.1, -0.05) is 233 Å². The van der Waals surface area contributed by atoms with E-state index in [4.69, 9.17) is 0 Å². The fraction of sp³-hybridized carbons (Fsp3) is 0.936. The summed E-state index contributed by atoms with van der Waals surface area (Å²) in [7, 11) is 0. The zero-order chi connectivity index (χ0) is 35.1. The lowest BCUT2D eigenvalue weighted by atomic mass is 10.0. The van der Waals surface area contributed by atoms with Crippen molar-refractivity contribution in [1.82, 2.24) is 4.57 Å². The summed E-state index contributed by atoms with van der Waals surface area (Å²) in [6, 6.07) is 0. The van der Waals surface area contributed by atoms with Gasteiger partial charge in [-0.2, -0.15) is 0 Å². The first-order valence-corrected chi connectivity index (χ1v) is 23.4. The van der Waals surface area contributed by atoms with Crippen LogP contribution in [0, 0.1) is 0 Å². The topological polar surface area (TPSA) is 8.81 Å². The van der Waals surface area contributed by atoms with Gasteiger partial charge < -0.3 is 0 Å². The number of hydrogen-bond donors (Lipinski definition) is 0. The number of unbranched alkanes of at least 4 members (excludes halogenated alkanes) is 35. The SMILES string of the molecule is CCCCCCCCCCCCCCCCCCn1cc[n+](CCCCCCCCCC)c1CCCCCCCCCCCCCCCC. The molecule has 1 heterocycles. The average molecular weight is 686 g/mol. The molecule has 1 rings (SSSR count). The van der Waals surface area contributed by atoms with Crippen molar-refractivity contribution in [2.24, 2.45) is 0 Å². The van der Waals surface area contributed by atoms with E-state index in [9.17, 15) is 0 Å². The molecule has 0 aliphatic rings. The zero-order valence-electron chi connectivity index (χ0n) is 34.5. The molecular formula is C47H93N2+. The number of aryl methyl sites for hydroxylation is 2. The monoisotopic (exact) mass is 686 g/mol. The van der Waals surface area contributed by atoms with Gasteiger partial charge in [0, 0.05) is 6.42 Å². The highest BCUT2D eigenvalue weighted by Crippen LogP contribution is 2.16. The minimum absolute atomic E-state index is 1.23. The number of aromatic nitrogens is 2. The van der Waals surface area contributed by atoms with E-state index in [1.807, 2.05) is 0 Å². The molecule has 0 aromatic carbocycles. The third kappa shape index (κ3) is 30.5. The maximum absolute atomic E-state index is 2.65. The van der Waals surface area contributed by atoms with Crippen LogP contribution in [0.25, 0.3) is 0 Å². The smallest absolute Gasteiger partial charge is 0.234 e. The molecule has 0 saturated carbocycles. The predicted molar refractivity (Wildman–Crippen MR) is 221 cm³/mol. The summed E-state index contributed by atoms with van der Waals surface area (Å²) in [6.45, 7) is 9.41. The maximum Gasteiger partial charge on any atom is 0.256 e. The van der Waals surface area contributed by atoms with E-state index in [1.165, 1.54) is 264 Å². The zero-order valence-corrected chi connectivity index (χ0v) is 34.5. The van der Waals surface area contributed by atoms with Gasteiger partial charge >= 0.3 is 0 Å². The molecule has 0 fully saturated rings. The van der Waals surface area contributed by atoms with E-state index in [-0.39, 0.29) is 0 Å². The largest absolute Gasteiger partial charge is 0.256 e. The van der Waals surface area contributed by atoms with E-state index < -0.39 is 0 Å². The highest BCUT2D eigenvalue weighted by Gasteiger charge is 2.16. The first kappa shape index (κ1) is 46.2. The van der Waals surface area contributed by atoms with Gasteiger partial charge in [-0.3, -0.25) is 0 Å². The van der Waals surface area contributed by atoms with Crippen LogP contribution < -0.4 is 4.57 Å². The van der Waals surface area contributed by atoms with Crippen molar-refractivity contribution < 1.29 is 4.57 Å². The van der Waals surface area contributed by atoms with Gasteiger partial charge in [0.1, 0.15) is 12.4 Å². The molecule has 2 nitrogen and oxygen atoms in total. The molecule has 1 aromatic rings. The number of hydrogen-bond acceptors (Lipinski definition) is 0. The third-order valence-electron chi connectivity index (χ3n) is 11.3. The molecule has 290 valence electrons. The molecule has 1 aromatic heterocycles. The van der Waals surface area contributed by atoms with E-state index in [0.717, 1.165) is 0 Å². The van der Waals surface area contributed by atoms with Crippen LogP contribution in [0.2, 0.25) is 0 Å². The lowest BCUT2D eigenvalue weighted by molar-refractivity contribution is -0.704. The van der Waals surface area contributed by atoms with E-state index >= 15 is 0 Å². The normalized spacial score (nSPS) is 11.7. The Bertz CT molecular complexity index is 751. The number of rotatable bonds is 41. The summed E-state index contributed by atoms with van der Waals surface area (Å²) in [4.78, 5) is 0. The van der Waals surface area contributed by atoms with Crippen molar-refractivity contribution in [3.63, 3.8) is 0 Å². The van der Waals surface area contributed by atoms with E-state index in [0.29, 0.717) is 0 Å². The molecule has 0 aliphatic carbocycles. The Kier molecular flexibility index (Phi) is 36.3. The lowest BCUT2D eigenvalue weighted by Gasteiger charge is -2.07.